The highest BCUT2D eigenvalue weighted by atomic mass is 35.5. The van der Waals surface area contributed by atoms with Crippen LogP contribution in [0.2, 0.25) is 10.0 Å². The summed E-state index contributed by atoms with van der Waals surface area (Å²) in [5.74, 6) is 1.50. The van der Waals surface area contributed by atoms with Crippen LogP contribution in [0.5, 0.6) is 0 Å². The summed E-state index contributed by atoms with van der Waals surface area (Å²) in [4.78, 5) is 12.3. The van der Waals surface area contributed by atoms with Crippen molar-refractivity contribution in [1.29, 1.82) is 0 Å². The average Bonchev–Trinajstić information content (AvgIpc) is 3.27. The van der Waals surface area contributed by atoms with Crippen LogP contribution in [0.25, 0.3) is 0 Å². The molecule has 0 atom stereocenters. The van der Waals surface area contributed by atoms with Crippen molar-refractivity contribution in [2.75, 3.05) is 11.1 Å². The van der Waals surface area contributed by atoms with Crippen molar-refractivity contribution in [2.45, 2.75) is 43.3 Å². The van der Waals surface area contributed by atoms with E-state index in [1.165, 1.54) is 24.6 Å². The molecule has 138 valence electrons. The van der Waals surface area contributed by atoms with Gasteiger partial charge in [-0.15, -0.1) is 16.8 Å². The highest BCUT2D eigenvalue weighted by Crippen LogP contribution is 2.34. The molecule has 0 saturated heterocycles. The van der Waals surface area contributed by atoms with Crippen LogP contribution in [0, 0.1) is 0 Å². The molecule has 1 aromatic heterocycles. The molecule has 0 spiro atoms. The van der Waals surface area contributed by atoms with Gasteiger partial charge in [0.1, 0.15) is 5.82 Å². The van der Waals surface area contributed by atoms with Crippen LogP contribution in [0.15, 0.2) is 36.0 Å². The fourth-order valence-electron chi connectivity index (χ4n) is 3.11. The number of nitrogens with one attached hydrogen (secondary N) is 1. The molecule has 1 aliphatic rings. The van der Waals surface area contributed by atoms with E-state index in [1.54, 1.807) is 18.2 Å². The zero-order chi connectivity index (χ0) is 18.5. The Balaban J connectivity index is 1.66. The van der Waals surface area contributed by atoms with Gasteiger partial charge in [0.05, 0.1) is 21.5 Å². The predicted octanol–water partition coefficient (Wildman–Crippen LogP) is 5.16. The molecule has 0 aliphatic heterocycles. The lowest BCUT2D eigenvalue weighted by atomic mass is 10.1. The van der Waals surface area contributed by atoms with E-state index in [9.17, 15) is 4.79 Å². The Morgan fingerprint density at radius 2 is 2.12 bits per heavy atom. The minimum absolute atomic E-state index is 0.172. The van der Waals surface area contributed by atoms with Gasteiger partial charge in [-0.2, -0.15) is 0 Å². The van der Waals surface area contributed by atoms with Crippen LogP contribution in [0.4, 0.5) is 5.69 Å². The number of nitrogens with zero attached hydrogens (tertiary/aromatic N) is 3. The molecule has 1 amide bonds. The minimum Gasteiger partial charge on any atom is -0.324 e. The Hall–Kier alpha value is -1.50. The monoisotopic (exact) mass is 410 g/mol. The van der Waals surface area contributed by atoms with Gasteiger partial charge >= 0.3 is 0 Å². The lowest BCUT2D eigenvalue weighted by Crippen LogP contribution is -2.15. The number of anilines is 1. The highest BCUT2D eigenvalue weighted by Gasteiger charge is 2.24. The quantitative estimate of drug-likeness (QED) is 0.505. The van der Waals surface area contributed by atoms with Crippen LogP contribution in [0.3, 0.4) is 0 Å². The normalized spacial score (nSPS) is 14.5. The summed E-state index contributed by atoms with van der Waals surface area (Å²) in [5.41, 5.74) is 0.504. The van der Waals surface area contributed by atoms with Gasteiger partial charge in [0.2, 0.25) is 5.91 Å². The Morgan fingerprint density at radius 1 is 1.35 bits per heavy atom. The Bertz CT molecular complexity index is 802. The van der Waals surface area contributed by atoms with Gasteiger partial charge in [0.15, 0.2) is 5.16 Å². The van der Waals surface area contributed by atoms with E-state index in [0.29, 0.717) is 28.2 Å². The van der Waals surface area contributed by atoms with Gasteiger partial charge < -0.3 is 9.88 Å². The predicted molar refractivity (Wildman–Crippen MR) is 107 cm³/mol. The topological polar surface area (TPSA) is 59.8 Å². The molecule has 1 aliphatic carbocycles. The van der Waals surface area contributed by atoms with E-state index in [0.717, 1.165) is 23.8 Å². The summed E-state index contributed by atoms with van der Waals surface area (Å²) in [6.07, 6.45) is 6.59. The lowest BCUT2D eigenvalue weighted by molar-refractivity contribution is -0.113. The maximum absolute atomic E-state index is 12.3. The lowest BCUT2D eigenvalue weighted by Gasteiger charge is -2.12. The molecule has 0 unspecified atom stereocenters. The summed E-state index contributed by atoms with van der Waals surface area (Å²) in [7, 11) is 0. The number of carbonyl (C=O) groups excluding carboxylic acids is 1. The van der Waals surface area contributed by atoms with Crippen LogP contribution in [-0.4, -0.2) is 26.4 Å². The number of aromatic nitrogens is 3. The molecule has 5 nitrogen and oxygen atoms in total. The molecule has 26 heavy (non-hydrogen) atoms. The van der Waals surface area contributed by atoms with Crippen LogP contribution >= 0.6 is 35.0 Å². The van der Waals surface area contributed by atoms with E-state index in [1.807, 2.05) is 6.08 Å². The second-order valence-corrected chi connectivity index (χ2v) is 7.89. The summed E-state index contributed by atoms with van der Waals surface area (Å²) < 4.78 is 2.06. The zero-order valence-corrected chi connectivity index (χ0v) is 16.6. The zero-order valence-electron chi connectivity index (χ0n) is 14.3. The Morgan fingerprint density at radius 3 is 2.85 bits per heavy atom. The van der Waals surface area contributed by atoms with Gasteiger partial charge in [-0.25, -0.2) is 0 Å². The number of carbonyl (C=O) groups is 1. The number of thioether (sulfide) groups is 1. The smallest absolute Gasteiger partial charge is 0.234 e. The molecule has 0 radical (unpaired) electrons. The van der Waals surface area contributed by atoms with E-state index in [2.05, 4.69) is 26.7 Å². The van der Waals surface area contributed by atoms with Gasteiger partial charge in [-0.05, 0) is 25.0 Å². The second kappa shape index (κ2) is 8.93. The number of halogens is 2. The fraction of sp³-hybridized carbons (Fsp3) is 0.389. The van der Waals surface area contributed by atoms with Gasteiger partial charge in [-0.3, -0.25) is 4.79 Å². The van der Waals surface area contributed by atoms with Crippen molar-refractivity contribution < 1.29 is 4.79 Å². The molecule has 1 aromatic carbocycles. The van der Waals surface area contributed by atoms with Crippen molar-refractivity contribution in [2.24, 2.45) is 0 Å². The number of allylic oxidation sites excluding steroid dienone is 1. The van der Waals surface area contributed by atoms with E-state index < -0.39 is 0 Å². The van der Waals surface area contributed by atoms with Crippen molar-refractivity contribution in [1.82, 2.24) is 14.8 Å². The molecule has 1 N–H and O–H groups in total. The van der Waals surface area contributed by atoms with Crippen molar-refractivity contribution in [3.8, 4) is 0 Å². The molecule has 0 bridgehead atoms. The third kappa shape index (κ3) is 4.42. The number of hydrogen-bond donors (Lipinski definition) is 1. The highest BCUT2D eigenvalue weighted by molar-refractivity contribution is 7.99. The summed E-state index contributed by atoms with van der Waals surface area (Å²) in [5, 5.41) is 12.9. The third-order valence-electron chi connectivity index (χ3n) is 4.34. The first-order chi connectivity index (χ1) is 12.6. The molecular formula is C18H20Cl2N4OS. The van der Waals surface area contributed by atoms with Crippen LogP contribution < -0.4 is 5.32 Å². The van der Waals surface area contributed by atoms with Crippen molar-refractivity contribution in [3.05, 3.63) is 46.7 Å². The van der Waals surface area contributed by atoms with Crippen molar-refractivity contribution >= 4 is 46.6 Å². The number of benzene rings is 1. The number of amides is 1. The maximum atomic E-state index is 12.3. The second-order valence-electron chi connectivity index (χ2n) is 6.16. The van der Waals surface area contributed by atoms with E-state index in [-0.39, 0.29) is 11.7 Å². The number of hydrogen-bond acceptors (Lipinski definition) is 4. The first-order valence-corrected chi connectivity index (χ1v) is 10.2. The first kappa shape index (κ1) is 19.3. The Kier molecular flexibility index (Phi) is 6.62. The molecular weight excluding hydrogens is 391 g/mol. The van der Waals surface area contributed by atoms with Gasteiger partial charge in [0, 0.05) is 12.5 Å². The Labute approximate surface area is 167 Å². The van der Waals surface area contributed by atoms with Gasteiger partial charge in [0.25, 0.3) is 0 Å². The van der Waals surface area contributed by atoms with Crippen LogP contribution in [-0.2, 0) is 11.3 Å². The van der Waals surface area contributed by atoms with Gasteiger partial charge in [-0.1, -0.05) is 59.9 Å². The summed E-state index contributed by atoms with van der Waals surface area (Å²) in [6.45, 7) is 4.46. The SMILES string of the molecule is C=CCn1c(SCC(=O)Nc2cccc(Cl)c2Cl)nnc1C1CCCC1. The molecule has 2 aromatic rings. The summed E-state index contributed by atoms with van der Waals surface area (Å²) in [6, 6.07) is 5.14. The standard InChI is InChI=1S/C18H20Cl2N4OS/c1-2-10-24-17(12-6-3-4-7-12)22-23-18(24)26-11-15(25)21-14-9-5-8-13(19)16(14)20/h2,5,8-9,12H,1,3-4,6-7,10-11H2,(H,21,25). The largest absolute Gasteiger partial charge is 0.324 e. The average molecular weight is 411 g/mol. The van der Waals surface area contributed by atoms with Crippen LogP contribution in [0.1, 0.15) is 37.4 Å². The van der Waals surface area contributed by atoms with Crippen molar-refractivity contribution in [3.63, 3.8) is 0 Å². The third-order valence-corrected chi connectivity index (χ3v) is 6.12. The molecule has 1 saturated carbocycles. The molecule has 1 fully saturated rings. The minimum atomic E-state index is -0.172. The molecule has 3 rings (SSSR count). The van der Waals surface area contributed by atoms with E-state index in [4.69, 9.17) is 23.2 Å². The maximum Gasteiger partial charge on any atom is 0.234 e. The van der Waals surface area contributed by atoms with E-state index >= 15 is 0 Å². The molecule has 8 heteroatoms. The number of rotatable bonds is 7. The summed E-state index contributed by atoms with van der Waals surface area (Å²) >= 11 is 13.4. The fourth-order valence-corrected chi connectivity index (χ4v) is 4.21. The first-order valence-electron chi connectivity index (χ1n) is 8.50. The molecule has 1 heterocycles.